The van der Waals surface area contributed by atoms with Gasteiger partial charge in [-0.3, -0.25) is 9.27 Å². The van der Waals surface area contributed by atoms with E-state index in [9.17, 15) is 17.4 Å². The molecule has 0 saturated heterocycles. The number of halogens is 3. The summed E-state index contributed by atoms with van der Waals surface area (Å²) >= 11 is -2.23. The molecule has 3 rings (SSSR count). The highest BCUT2D eigenvalue weighted by Gasteiger charge is 2.35. The molecule has 0 aliphatic rings. The molecule has 1 aromatic heterocycles. The van der Waals surface area contributed by atoms with Crippen molar-refractivity contribution in [3.05, 3.63) is 65.9 Å². The highest BCUT2D eigenvalue weighted by Crippen LogP contribution is 2.33. The van der Waals surface area contributed by atoms with Crippen LogP contribution in [0.2, 0.25) is 0 Å². The number of aromatic nitrogens is 2. The summed E-state index contributed by atoms with van der Waals surface area (Å²) in [6, 6.07) is 14.1. The molecule has 1 heterocycles. The highest BCUT2D eigenvalue weighted by atomic mass is 32.2. The van der Waals surface area contributed by atoms with Gasteiger partial charge in [0.05, 0.1) is 11.4 Å². The van der Waals surface area contributed by atoms with E-state index >= 15 is 0 Å². The van der Waals surface area contributed by atoms with Crippen LogP contribution in [-0.2, 0) is 17.4 Å². The fourth-order valence-corrected chi connectivity index (χ4v) is 2.76. The van der Waals surface area contributed by atoms with Gasteiger partial charge < -0.3 is 0 Å². The predicted octanol–water partition coefficient (Wildman–Crippen LogP) is 4.42. The standard InChI is InChI=1S/C17H14F3N3O2S/c1-11-2-4-12(5-3-11)15-10-16(17(18,19)20)21-23(15)14-8-6-13(7-9-14)22-26(24)25/h2-10,22H,1H3,(H,24,25). The van der Waals surface area contributed by atoms with Crippen molar-refractivity contribution in [2.75, 3.05) is 4.72 Å². The molecule has 5 nitrogen and oxygen atoms in total. The Labute approximate surface area is 149 Å². The zero-order valence-electron chi connectivity index (χ0n) is 13.5. The van der Waals surface area contributed by atoms with Gasteiger partial charge in [-0.25, -0.2) is 8.89 Å². The molecule has 3 aromatic rings. The zero-order chi connectivity index (χ0) is 18.9. The summed E-state index contributed by atoms with van der Waals surface area (Å²) in [4.78, 5) is 0. The van der Waals surface area contributed by atoms with Crippen LogP contribution >= 0.6 is 0 Å². The van der Waals surface area contributed by atoms with Crippen LogP contribution in [0.3, 0.4) is 0 Å². The number of nitrogens with zero attached hydrogens (tertiary/aromatic N) is 2. The van der Waals surface area contributed by atoms with E-state index in [0.717, 1.165) is 11.6 Å². The Bertz CT molecular complexity index is 935. The van der Waals surface area contributed by atoms with Gasteiger partial charge in [0.25, 0.3) is 11.3 Å². The van der Waals surface area contributed by atoms with Gasteiger partial charge in [0.15, 0.2) is 5.69 Å². The van der Waals surface area contributed by atoms with Gasteiger partial charge in [0, 0.05) is 11.3 Å². The zero-order valence-corrected chi connectivity index (χ0v) is 14.3. The van der Waals surface area contributed by atoms with E-state index in [4.69, 9.17) is 4.55 Å². The van der Waals surface area contributed by atoms with Crippen molar-refractivity contribution in [2.45, 2.75) is 13.1 Å². The van der Waals surface area contributed by atoms with Crippen molar-refractivity contribution in [1.29, 1.82) is 0 Å². The molecule has 9 heteroatoms. The van der Waals surface area contributed by atoms with Crippen molar-refractivity contribution in [3.63, 3.8) is 0 Å². The third kappa shape index (κ3) is 3.94. The van der Waals surface area contributed by atoms with E-state index < -0.39 is 23.1 Å². The van der Waals surface area contributed by atoms with Crippen LogP contribution in [0.5, 0.6) is 0 Å². The number of rotatable bonds is 4. The van der Waals surface area contributed by atoms with E-state index in [0.29, 0.717) is 22.6 Å². The average molecular weight is 381 g/mol. The first-order valence-corrected chi connectivity index (χ1v) is 8.57. The number of alkyl halides is 3. The number of hydrogen-bond donors (Lipinski definition) is 2. The third-order valence-corrected chi connectivity index (χ3v) is 4.07. The first-order chi connectivity index (χ1) is 12.2. The lowest BCUT2D eigenvalue weighted by molar-refractivity contribution is -0.141. The Morgan fingerprint density at radius 1 is 1.08 bits per heavy atom. The first kappa shape index (κ1) is 18.2. The van der Waals surface area contributed by atoms with Gasteiger partial charge in [-0.2, -0.15) is 18.3 Å². The van der Waals surface area contributed by atoms with Gasteiger partial charge in [-0.05, 0) is 37.3 Å². The van der Waals surface area contributed by atoms with E-state index in [2.05, 4.69) is 9.82 Å². The van der Waals surface area contributed by atoms with Crippen LogP contribution in [0.1, 0.15) is 11.3 Å². The molecule has 0 aliphatic carbocycles. The molecule has 0 amide bonds. The van der Waals surface area contributed by atoms with Crippen molar-refractivity contribution in [3.8, 4) is 16.9 Å². The number of hydrogen-bond acceptors (Lipinski definition) is 2. The van der Waals surface area contributed by atoms with Crippen LogP contribution in [0.15, 0.2) is 54.6 Å². The molecular formula is C17H14F3N3O2S. The van der Waals surface area contributed by atoms with E-state index in [1.54, 1.807) is 12.1 Å². The van der Waals surface area contributed by atoms with E-state index in [1.807, 2.05) is 19.1 Å². The second kappa shape index (κ2) is 6.93. The van der Waals surface area contributed by atoms with Crippen LogP contribution in [-0.4, -0.2) is 18.5 Å². The fourth-order valence-electron chi connectivity index (χ4n) is 2.42. The number of aryl methyl sites for hydroxylation is 1. The van der Waals surface area contributed by atoms with Crippen LogP contribution in [0.4, 0.5) is 18.9 Å². The Balaban J connectivity index is 2.08. The average Bonchev–Trinajstić information content (AvgIpc) is 3.01. The van der Waals surface area contributed by atoms with Crippen molar-refractivity contribution in [2.24, 2.45) is 0 Å². The molecule has 0 spiro atoms. The summed E-state index contributed by atoms with van der Waals surface area (Å²) in [5.74, 6) is 0. The number of anilines is 1. The molecule has 0 fully saturated rings. The van der Waals surface area contributed by atoms with E-state index in [-0.39, 0.29) is 0 Å². The molecule has 0 saturated carbocycles. The molecule has 2 N–H and O–H groups in total. The minimum atomic E-state index is -4.57. The monoisotopic (exact) mass is 381 g/mol. The summed E-state index contributed by atoms with van der Waals surface area (Å²) < 4.78 is 62.5. The Morgan fingerprint density at radius 3 is 2.23 bits per heavy atom. The van der Waals surface area contributed by atoms with Crippen molar-refractivity contribution in [1.82, 2.24) is 9.78 Å². The largest absolute Gasteiger partial charge is 0.435 e. The summed E-state index contributed by atoms with van der Waals surface area (Å²) in [6.45, 7) is 1.89. The number of nitrogens with one attached hydrogen (secondary N) is 1. The Kier molecular flexibility index (Phi) is 4.84. The topological polar surface area (TPSA) is 67.2 Å². The molecule has 0 aliphatic heterocycles. The lowest BCUT2D eigenvalue weighted by Gasteiger charge is -2.09. The molecule has 0 bridgehead atoms. The smallest absolute Gasteiger partial charge is 0.289 e. The van der Waals surface area contributed by atoms with Crippen LogP contribution in [0, 0.1) is 6.92 Å². The molecule has 136 valence electrons. The van der Waals surface area contributed by atoms with Gasteiger partial charge in [0.2, 0.25) is 0 Å². The first-order valence-electron chi connectivity index (χ1n) is 7.46. The fraction of sp³-hybridized carbons (Fsp3) is 0.118. The van der Waals surface area contributed by atoms with Crippen molar-refractivity contribution >= 4 is 17.0 Å². The molecule has 2 aromatic carbocycles. The summed E-state index contributed by atoms with van der Waals surface area (Å²) in [5, 5.41) is 3.70. The van der Waals surface area contributed by atoms with E-state index in [1.165, 1.54) is 28.9 Å². The molecule has 1 unspecified atom stereocenters. The Morgan fingerprint density at radius 2 is 1.69 bits per heavy atom. The SMILES string of the molecule is Cc1ccc(-c2cc(C(F)(F)F)nn2-c2ccc(NS(=O)O)cc2)cc1. The third-order valence-electron chi connectivity index (χ3n) is 3.66. The minimum Gasteiger partial charge on any atom is -0.289 e. The molecule has 26 heavy (non-hydrogen) atoms. The summed E-state index contributed by atoms with van der Waals surface area (Å²) in [5.41, 5.74) is 1.64. The summed E-state index contributed by atoms with van der Waals surface area (Å²) in [6.07, 6.45) is -4.57. The molecule has 0 radical (unpaired) electrons. The van der Waals surface area contributed by atoms with Crippen LogP contribution < -0.4 is 4.72 Å². The maximum atomic E-state index is 13.1. The van der Waals surface area contributed by atoms with Gasteiger partial charge in [-0.15, -0.1) is 0 Å². The quantitative estimate of drug-likeness (QED) is 0.658. The molecule has 1 atom stereocenters. The predicted molar refractivity (Wildman–Crippen MR) is 93.1 cm³/mol. The lowest BCUT2D eigenvalue weighted by atomic mass is 10.1. The van der Waals surface area contributed by atoms with Gasteiger partial charge >= 0.3 is 6.18 Å². The van der Waals surface area contributed by atoms with Gasteiger partial charge in [0.1, 0.15) is 0 Å². The van der Waals surface area contributed by atoms with Crippen molar-refractivity contribution < 1.29 is 21.9 Å². The summed E-state index contributed by atoms with van der Waals surface area (Å²) in [7, 11) is 0. The lowest BCUT2D eigenvalue weighted by Crippen LogP contribution is -2.07. The highest BCUT2D eigenvalue weighted by molar-refractivity contribution is 7.80. The molecular weight excluding hydrogens is 367 g/mol. The second-order valence-corrected chi connectivity index (χ2v) is 6.29. The normalized spacial score (nSPS) is 12.8. The Hall–Kier alpha value is -2.65. The second-order valence-electron chi connectivity index (χ2n) is 5.59. The van der Waals surface area contributed by atoms with Gasteiger partial charge in [-0.1, -0.05) is 29.8 Å². The maximum Gasteiger partial charge on any atom is 0.435 e. The van der Waals surface area contributed by atoms with Crippen LogP contribution in [0.25, 0.3) is 16.9 Å². The maximum absolute atomic E-state index is 13.1. The number of benzene rings is 2. The minimum absolute atomic E-state index is 0.295.